The summed E-state index contributed by atoms with van der Waals surface area (Å²) < 4.78 is 6.05. The van der Waals surface area contributed by atoms with E-state index in [0.717, 1.165) is 28.9 Å². The molecular weight excluding hydrogens is 346 g/mol. The second kappa shape index (κ2) is 7.51. The van der Waals surface area contributed by atoms with E-state index in [4.69, 9.17) is 4.74 Å². The molecule has 1 N–H and O–H groups in total. The van der Waals surface area contributed by atoms with Gasteiger partial charge in [0.15, 0.2) is 0 Å². The lowest BCUT2D eigenvalue weighted by molar-refractivity contribution is -0.121. The molecule has 0 saturated carbocycles. The smallest absolute Gasteiger partial charge is 0.224 e. The van der Waals surface area contributed by atoms with Gasteiger partial charge in [0.05, 0.1) is 12.5 Å². The van der Waals surface area contributed by atoms with Crippen LogP contribution in [0, 0.1) is 0 Å². The molecule has 3 nitrogen and oxygen atoms in total. The average Bonchev–Trinajstić information content (AvgIpc) is 2.68. The molecule has 0 unspecified atom stereocenters. The molecule has 1 amide bonds. The van der Waals surface area contributed by atoms with E-state index in [1.165, 1.54) is 5.56 Å². The molecular formula is C25H25NO2. The summed E-state index contributed by atoms with van der Waals surface area (Å²) in [5, 5.41) is 3.21. The molecule has 4 rings (SSSR count). The van der Waals surface area contributed by atoms with Gasteiger partial charge in [-0.2, -0.15) is 0 Å². The standard InChI is InChI=1S/C25H25NO2/c1-25(2)17-22(21-10-6-7-11-23(21)28-25)26-24(27)16-18-12-14-20(15-13-18)19-8-4-3-5-9-19/h3-15,22H,16-17H2,1-2H3,(H,26,27)/t22-/m1/s1. The monoisotopic (exact) mass is 371 g/mol. The Bertz CT molecular complexity index is 961. The second-order valence-corrected chi connectivity index (χ2v) is 7.96. The Balaban J connectivity index is 1.45. The van der Waals surface area contributed by atoms with Crippen molar-refractivity contribution in [1.82, 2.24) is 5.32 Å². The maximum Gasteiger partial charge on any atom is 0.224 e. The van der Waals surface area contributed by atoms with Crippen LogP contribution in [0.2, 0.25) is 0 Å². The minimum Gasteiger partial charge on any atom is -0.487 e. The third-order valence-electron chi connectivity index (χ3n) is 5.14. The Morgan fingerprint density at radius 2 is 1.57 bits per heavy atom. The van der Waals surface area contributed by atoms with Crippen molar-refractivity contribution in [1.29, 1.82) is 0 Å². The number of hydrogen-bond donors (Lipinski definition) is 1. The average molecular weight is 371 g/mol. The molecule has 1 atom stereocenters. The predicted molar refractivity (Wildman–Crippen MR) is 112 cm³/mol. The topological polar surface area (TPSA) is 38.3 Å². The van der Waals surface area contributed by atoms with Crippen molar-refractivity contribution in [2.24, 2.45) is 0 Å². The van der Waals surface area contributed by atoms with E-state index in [1.54, 1.807) is 0 Å². The number of amides is 1. The van der Waals surface area contributed by atoms with Gasteiger partial charge in [0.2, 0.25) is 5.91 Å². The molecule has 28 heavy (non-hydrogen) atoms. The zero-order valence-corrected chi connectivity index (χ0v) is 16.3. The van der Waals surface area contributed by atoms with Crippen molar-refractivity contribution in [2.45, 2.75) is 38.3 Å². The van der Waals surface area contributed by atoms with Gasteiger partial charge in [-0.25, -0.2) is 0 Å². The first kappa shape index (κ1) is 18.3. The number of hydrogen-bond acceptors (Lipinski definition) is 2. The van der Waals surface area contributed by atoms with Crippen molar-refractivity contribution in [2.75, 3.05) is 0 Å². The van der Waals surface area contributed by atoms with Crippen LogP contribution in [0.5, 0.6) is 5.75 Å². The van der Waals surface area contributed by atoms with Crippen LogP contribution in [0.4, 0.5) is 0 Å². The second-order valence-electron chi connectivity index (χ2n) is 7.96. The van der Waals surface area contributed by atoms with Crippen LogP contribution >= 0.6 is 0 Å². The molecule has 0 bridgehead atoms. The molecule has 3 heteroatoms. The van der Waals surface area contributed by atoms with Gasteiger partial charge in [-0.15, -0.1) is 0 Å². The highest BCUT2D eigenvalue weighted by Crippen LogP contribution is 2.39. The fraction of sp³-hybridized carbons (Fsp3) is 0.240. The van der Waals surface area contributed by atoms with E-state index >= 15 is 0 Å². The summed E-state index contributed by atoms with van der Waals surface area (Å²) in [5.74, 6) is 0.890. The number of rotatable bonds is 4. The van der Waals surface area contributed by atoms with E-state index in [9.17, 15) is 4.79 Å². The Morgan fingerprint density at radius 1 is 0.929 bits per heavy atom. The number of fused-ring (bicyclic) bond motifs is 1. The number of para-hydroxylation sites is 1. The number of carbonyl (C=O) groups is 1. The van der Waals surface area contributed by atoms with Crippen LogP contribution in [0.3, 0.4) is 0 Å². The first-order valence-corrected chi connectivity index (χ1v) is 9.72. The zero-order valence-electron chi connectivity index (χ0n) is 16.3. The van der Waals surface area contributed by atoms with E-state index in [-0.39, 0.29) is 17.6 Å². The fourth-order valence-corrected chi connectivity index (χ4v) is 3.81. The first-order chi connectivity index (χ1) is 13.5. The molecule has 3 aromatic carbocycles. The normalized spacial score (nSPS) is 17.3. The highest BCUT2D eigenvalue weighted by Gasteiger charge is 2.34. The van der Waals surface area contributed by atoms with Crippen LogP contribution in [0.1, 0.15) is 37.4 Å². The lowest BCUT2D eigenvalue weighted by atomic mass is 9.89. The molecule has 0 radical (unpaired) electrons. The summed E-state index contributed by atoms with van der Waals surface area (Å²) in [7, 11) is 0. The van der Waals surface area contributed by atoms with Crippen molar-refractivity contribution < 1.29 is 9.53 Å². The lowest BCUT2D eigenvalue weighted by Gasteiger charge is -2.37. The number of benzene rings is 3. The number of ether oxygens (including phenoxy) is 1. The predicted octanol–water partition coefficient (Wildman–Crippen LogP) is 5.31. The third kappa shape index (κ3) is 4.09. The number of nitrogens with one attached hydrogen (secondary N) is 1. The summed E-state index contributed by atoms with van der Waals surface area (Å²) in [6.45, 7) is 4.12. The molecule has 1 aliphatic rings. The molecule has 3 aromatic rings. The van der Waals surface area contributed by atoms with Gasteiger partial charge in [-0.05, 0) is 36.6 Å². The molecule has 1 aliphatic heterocycles. The highest BCUT2D eigenvalue weighted by atomic mass is 16.5. The maximum absolute atomic E-state index is 12.7. The van der Waals surface area contributed by atoms with Crippen LogP contribution in [0.15, 0.2) is 78.9 Å². The van der Waals surface area contributed by atoms with Gasteiger partial charge >= 0.3 is 0 Å². The van der Waals surface area contributed by atoms with Crippen LogP contribution in [0.25, 0.3) is 11.1 Å². The minimum atomic E-state index is -0.302. The zero-order chi connectivity index (χ0) is 19.6. The summed E-state index contributed by atoms with van der Waals surface area (Å²) in [4.78, 5) is 12.7. The Labute approximate surface area is 166 Å². The molecule has 1 heterocycles. The van der Waals surface area contributed by atoms with Crippen molar-refractivity contribution in [3.8, 4) is 16.9 Å². The first-order valence-electron chi connectivity index (χ1n) is 9.72. The molecule has 0 spiro atoms. The quantitative estimate of drug-likeness (QED) is 0.674. The van der Waals surface area contributed by atoms with Crippen LogP contribution in [-0.2, 0) is 11.2 Å². The molecule has 142 valence electrons. The van der Waals surface area contributed by atoms with Crippen molar-refractivity contribution >= 4 is 5.91 Å². The largest absolute Gasteiger partial charge is 0.487 e. The maximum atomic E-state index is 12.7. The van der Waals surface area contributed by atoms with Gasteiger partial charge in [0, 0.05) is 12.0 Å². The van der Waals surface area contributed by atoms with Gasteiger partial charge in [-0.1, -0.05) is 72.8 Å². The van der Waals surface area contributed by atoms with Gasteiger partial charge < -0.3 is 10.1 Å². The lowest BCUT2D eigenvalue weighted by Crippen LogP contribution is -2.41. The summed E-state index contributed by atoms with van der Waals surface area (Å²) in [6, 6.07) is 26.4. The van der Waals surface area contributed by atoms with E-state index < -0.39 is 0 Å². The van der Waals surface area contributed by atoms with E-state index in [2.05, 4.69) is 43.4 Å². The molecule has 0 fully saturated rings. The summed E-state index contributed by atoms with van der Waals surface area (Å²) in [6.07, 6.45) is 1.12. The SMILES string of the molecule is CC1(C)C[C@@H](NC(=O)Cc2ccc(-c3ccccc3)cc2)c2ccccc2O1. The molecule has 0 saturated heterocycles. The minimum absolute atomic E-state index is 0.0314. The number of carbonyl (C=O) groups excluding carboxylic acids is 1. The molecule has 0 aliphatic carbocycles. The Hall–Kier alpha value is -3.07. The molecule has 0 aromatic heterocycles. The third-order valence-corrected chi connectivity index (χ3v) is 5.14. The summed E-state index contributed by atoms with van der Waals surface area (Å²) in [5.41, 5.74) is 4.10. The van der Waals surface area contributed by atoms with Crippen molar-refractivity contribution in [3.63, 3.8) is 0 Å². The Morgan fingerprint density at radius 3 is 2.32 bits per heavy atom. The van der Waals surface area contributed by atoms with Gasteiger partial charge in [-0.3, -0.25) is 4.79 Å². The van der Waals surface area contributed by atoms with E-state index in [0.29, 0.717) is 6.42 Å². The van der Waals surface area contributed by atoms with Gasteiger partial charge in [0.1, 0.15) is 11.4 Å². The summed E-state index contributed by atoms with van der Waals surface area (Å²) >= 11 is 0. The van der Waals surface area contributed by atoms with Crippen LogP contribution in [-0.4, -0.2) is 11.5 Å². The van der Waals surface area contributed by atoms with Gasteiger partial charge in [0.25, 0.3) is 0 Å². The Kier molecular flexibility index (Phi) is 4.91. The highest BCUT2D eigenvalue weighted by molar-refractivity contribution is 5.79. The van der Waals surface area contributed by atoms with Crippen molar-refractivity contribution in [3.05, 3.63) is 90.0 Å². The van der Waals surface area contributed by atoms with E-state index in [1.807, 2.05) is 54.6 Å². The fourth-order valence-electron chi connectivity index (χ4n) is 3.81. The van der Waals surface area contributed by atoms with Crippen LogP contribution < -0.4 is 10.1 Å².